The van der Waals surface area contributed by atoms with Gasteiger partial charge >= 0.3 is 0 Å². The van der Waals surface area contributed by atoms with Gasteiger partial charge < -0.3 is 19.9 Å². The molecule has 3 heterocycles. The topological polar surface area (TPSA) is 83.5 Å². The van der Waals surface area contributed by atoms with Gasteiger partial charge in [-0.05, 0) is 50.6 Å². The summed E-state index contributed by atoms with van der Waals surface area (Å²) in [6.45, 7) is 8.33. The summed E-state index contributed by atoms with van der Waals surface area (Å²) >= 11 is 0. The maximum Gasteiger partial charge on any atom is 0.263 e. The fourth-order valence-electron chi connectivity index (χ4n) is 3.68. The number of ether oxygens (including phenoxy) is 1. The molecule has 166 valence electrons. The second kappa shape index (κ2) is 9.64. The minimum absolute atomic E-state index is 0.000230. The summed E-state index contributed by atoms with van der Waals surface area (Å²) in [6, 6.07) is 15.3. The smallest absolute Gasteiger partial charge is 0.263 e. The highest BCUT2D eigenvalue weighted by molar-refractivity contribution is 5.81. The van der Waals surface area contributed by atoms with Crippen LogP contribution in [0.25, 0.3) is 0 Å². The van der Waals surface area contributed by atoms with Gasteiger partial charge in [-0.15, -0.1) is 0 Å². The molecule has 2 aromatic heterocycles. The number of anilines is 3. The van der Waals surface area contributed by atoms with Crippen molar-refractivity contribution in [3.8, 4) is 5.75 Å². The van der Waals surface area contributed by atoms with Gasteiger partial charge in [-0.3, -0.25) is 4.79 Å². The van der Waals surface area contributed by atoms with E-state index in [1.54, 1.807) is 13.1 Å². The molecule has 8 nitrogen and oxygen atoms in total. The van der Waals surface area contributed by atoms with Gasteiger partial charge in [0, 0.05) is 38.4 Å². The Morgan fingerprint density at radius 3 is 2.47 bits per heavy atom. The molecule has 1 aliphatic heterocycles. The Hall–Kier alpha value is -3.68. The van der Waals surface area contributed by atoms with Crippen LogP contribution in [0.5, 0.6) is 5.75 Å². The fraction of sp³-hybridized carbons (Fsp3) is 0.333. The Bertz CT molecular complexity index is 1070. The molecule has 1 saturated heterocycles. The first kappa shape index (κ1) is 21.5. The molecule has 8 heteroatoms. The van der Waals surface area contributed by atoms with E-state index in [0.717, 1.165) is 17.2 Å². The number of piperazine rings is 1. The van der Waals surface area contributed by atoms with E-state index in [4.69, 9.17) is 4.74 Å². The van der Waals surface area contributed by atoms with Crippen molar-refractivity contribution in [2.75, 3.05) is 36.4 Å². The molecule has 0 aliphatic carbocycles. The fourth-order valence-corrected chi connectivity index (χ4v) is 3.68. The van der Waals surface area contributed by atoms with Crippen LogP contribution in [-0.4, -0.2) is 58.0 Å². The lowest BCUT2D eigenvalue weighted by Gasteiger charge is -2.36. The molecule has 1 aliphatic rings. The van der Waals surface area contributed by atoms with Crippen molar-refractivity contribution in [3.05, 3.63) is 66.1 Å². The zero-order valence-corrected chi connectivity index (χ0v) is 18.7. The quantitative estimate of drug-likeness (QED) is 0.639. The minimum atomic E-state index is -0.525. The van der Waals surface area contributed by atoms with Crippen LogP contribution in [0.2, 0.25) is 0 Å². The van der Waals surface area contributed by atoms with Gasteiger partial charge in [0.05, 0.1) is 0 Å². The highest BCUT2D eigenvalue weighted by Crippen LogP contribution is 2.21. The zero-order chi connectivity index (χ0) is 22.5. The van der Waals surface area contributed by atoms with Crippen LogP contribution in [-0.2, 0) is 4.79 Å². The average Bonchev–Trinajstić information content (AvgIpc) is 2.79. The van der Waals surface area contributed by atoms with Crippen LogP contribution in [0.4, 0.5) is 17.5 Å². The highest BCUT2D eigenvalue weighted by Gasteiger charge is 2.27. The maximum atomic E-state index is 12.8. The summed E-state index contributed by atoms with van der Waals surface area (Å²) < 4.78 is 5.80. The minimum Gasteiger partial charge on any atom is -0.481 e. The molecule has 3 aromatic rings. The summed E-state index contributed by atoms with van der Waals surface area (Å²) in [5.41, 5.74) is 1.12. The summed E-state index contributed by atoms with van der Waals surface area (Å²) in [5.74, 6) is 3.67. The number of nitrogens with one attached hydrogen (secondary N) is 1. The number of carbonyl (C=O) groups is 1. The van der Waals surface area contributed by atoms with Crippen molar-refractivity contribution in [3.63, 3.8) is 0 Å². The molecule has 0 spiro atoms. The number of carbonyl (C=O) groups excluding carboxylic acids is 1. The summed E-state index contributed by atoms with van der Waals surface area (Å²) in [5, 5.41) is 3.26. The first-order valence-electron chi connectivity index (χ1n) is 10.8. The van der Waals surface area contributed by atoms with Crippen LogP contribution in [0.15, 0.2) is 54.7 Å². The van der Waals surface area contributed by atoms with Crippen molar-refractivity contribution in [2.45, 2.75) is 26.9 Å². The van der Waals surface area contributed by atoms with Gasteiger partial charge in [0.15, 0.2) is 6.10 Å². The summed E-state index contributed by atoms with van der Waals surface area (Å²) in [6.07, 6.45) is 1.24. The van der Waals surface area contributed by atoms with Gasteiger partial charge in [-0.2, -0.15) is 0 Å². The third-order valence-electron chi connectivity index (χ3n) is 5.32. The third-order valence-corrected chi connectivity index (χ3v) is 5.32. The number of benzene rings is 1. The lowest BCUT2D eigenvalue weighted by Crippen LogP contribution is -2.52. The number of amides is 1. The van der Waals surface area contributed by atoms with Gasteiger partial charge in [-0.25, -0.2) is 15.0 Å². The number of aromatic nitrogens is 3. The molecule has 0 saturated carbocycles. The van der Waals surface area contributed by atoms with Crippen LogP contribution >= 0.6 is 0 Å². The van der Waals surface area contributed by atoms with Gasteiger partial charge in [0.2, 0.25) is 0 Å². The van der Waals surface area contributed by atoms with Crippen molar-refractivity contribution >= 4 is 23.4 Å². The monoisotopic (exact) mass is 432 g/mol. The van der Waals surface area contributed by atoms with Crippen LogP contribution in [0.1, 0.15) is 18.3 Å². The second-order valence-electron chi connectivity index (χ2n) is 7.89. The highest BCUT2D eigenvalue weighted by atomic mass is 16.5. The molecular weight excluding hydrogens is 404 g/mol. The third kappa shape index (κ3) is 5.32. The Morgan fingerprint density at radius 1 is 1.00 bits per heavy atom. The molecule has 1 aromatic carbocycles. The van der Waals surface area contributed by atoms with E-state index in [9.17, 15) is 4.79 Å². The zero-order valence-electron chi connectivity index (χ0n) is 18.7. The Labute approximate surface area is 188 Å². The van der Waals surface area contributed by atoms with E-state index in [2.05, 4.69) is 25.2 Å². The Morgan fingerprint density at radius 2 is 1.75 bits per heavy atom. The number of para-hydroxylation sites is 1. The molecule has 1 atom stereocenters. The van der Waals surface area contributed by atoms with E-state index >= 15 is 0 Å². The molecule has 0 bridgehead atoms. The van der Waals surface area contributed by atoms with Gasteiger partial charge in [-0.1, -0.05) is 18.2 Å². The molecule has 4 rings (SSSR count). The van der Waals surface area contributed by atoms with Gasteiger partial charge in [0.1, 0.15) is 29.0 Å². The van der Waals surface area contributed by atoms with E-state index in [-0.39, 0.29) is 5.91 Å². The Kier molecular flexibility index (Phi) is 6.49. The normalized spacial score (nSPS) is 14.7. The lowest BCUT2D eigenvalue weighted by atomic mass is 10.2. The standard InChI is InChI=1S/C24H28N6O2/c1-17-9-10-25-21(15-17)28-22-16-23(27-19(3)26-22)29-11-13-30(14-12-29)24(31)18(2)32-20-7-5-4-6-8-20/h4-10,15-16,18H,11-14H2,1-3H3,(H,25,26,27,28)/t18-/m1/s1. The molecule has 0 unspecified atom stereocenters. The number of hydrogen-bond acceptors (Lipinski definition) is 7. The van der Waals surface area contributed by atoms with Crippen molar-refractivity contribution in [1.82, 2.24) is 19.9 Å². The van der Waals surface area contributed by atoms with E-state index in [1.165, 1.54) is 0 Å². The van der Waals surface area contributed by atoms with E-state index in [0.29, 0.717) is 43.6 Å². The molecule has 1 amide bonds. The molecule has 1 N–H and O–H groups in total. The largest absolute Gasteiger partial charge is 0.481 e. The number of pyridine rings is 1. The Balaban J connectivity index is 1.37. The first-order valence-corrected chi connectivity index (χ1v) is 10.8. The van der Waals surface area contributed by atoms with Crippen LogP contribution in [0.3, 0.4) is 0 Å². The average molecular weight is 433 g/mol. The predicted octanol–water partition coefficient (Wildman–Crippen LogP) is 3.35. The summed E-state index contributed by atoms with van der Waals surface area (Å²) in [7, 11) is 0. The molecule has 0 radical (unpaired) electrons. The van der Waals surface area contributed by atoms with Crippen molar-refractivity contribution in [1.29, 1.82) is 0 Å². The van der Waals surface area contributed by atoms with Crippen molar-refractivity contribution in [2.24, 2.45) is 0 Å². The lowest BCUT2D eigenvalue weighted by molar-refractivity contribution is -0.138. The number of nitrogens with zero attached hydrogens (tertiary/aromatic N) is 5. The molecule has 1 fully saturated rings. The number of rotatable bonds is 6. The van der Waals surface area contributed by atoms with Crippen molar-refractivity contribution < 1.29 is 9.53 Å². The van der Waals surface area contributed by atoms with Gasteiger partial charge in [0.25, 0.3) is 5.91 Å². The second-order valence-corrected chi connectivity index (χ2v) is 7.89. The first-order chi connectivity index (χ1) is 15.5. The SMILES string of the molecule is Cc1ccnc(Nc2cc(N3CCN(C(=O)[C@@H](C)Oc4ccccc4)CC3)nc(C)n2)c1. The van der Waals surface area contributed by atoms with E-state index in [1.807, 2.05) is 67.3 Å². The molecule has 32 heavy (non-hydrogen) atoms. The maximum absolute atomic E-state index is 12.8. The number of hydrogen-bond donors (Lipinski definition) is 1. The predicted molar refractivity (Wildman–Crippen MR) is 124 cm³/mol. The van der Waals surface area contributed by atoms with Crippen LogP contribution in [0, 0.1) is 13.8 Å². The number of aryl methyl sites for hydroxylation is 2. The summed E-state index contributed by atoms with van der Waals surface area (Å²) in [4.78, 5) is 30.3. The van der Waals surface area contributed by atoms with E-state index < -0.39 is 6.10 Å². The molecular formula is C24H28N6O2. The van der Waals surface area contributed by atoms with Crippen LogP contribution < -0.4 is 15.0 Å².